The summed E-state index contributed by atoms with van der Waals surface area (Å²) in [5.41, 5.74) is 1.05. The number of carbonyl (C=O) groups is 2. The highest BCUT2D eigenvalue weighted by molar-refractivity contribution is 5.92. The third kappa shape index (κ3) is 4.96. The van der Waals surface area contributed by atoms with Gasteiger partial charge < -0.3 is 20.7 Å². The largest absolute Gasteiger partial charge is 0.367 e. The standard InChI is InChI=1S/C18H27N3O3/c1-12-7-6-8-13(9-12)20-16(23)19-11-15(22)21-14-10-17(2,3)24-18(14,4)5/h6-9,14H,10-11H2,1-5H3,(H,21,22)(H2,19,20,23). The summed E-state index contributed by atoms with van der Waals surface area (Å²) in [6.07, 6.45) is 0.737. The minimum absolute atomic E-state index is 0.0787. The van der Waals surface area contributed by atoms with Crippen molar-refractivity contribution in [2.24, 2.45) is 0 Å². The van der Waals surface area contributed by atoms with E-state index in [0.29, 0.717) is 5.69 Å². The molecule has 6 nitrogen and oxygen atoms in total. The van der Waals surface area contributed by atoms with Crippen LogP contribution >= 0.6 is 0 Å². The van der Waals surface area contributed by atoms with E-state index in [-0.39, 0.29) is 24.1 Å². The van der Waals surface area contributed by atoms with Gasteiger partial charge in [0.05, 0.1) is 23.8 Å². The van der Waals surface area contributed by atoms with Gasteiger partial charge in [-0.15, -0.1) is 0 Å². The highest BCUT2D eigenvalue weighted by Crippen LogP contribution is 2.37. The lowest BCUT2D eigenvalue weighted by Crippen LogP contribution is -2.49. The third-order valence-electron chi connectivity index (χ3n) is 4.09. The van der Waals surface area contributed by atoms with Crippen LogP contribution in [0.4, 0.5) is 10.5 Å². The summed E-state index contributed by atoms with van der Waals surface area (Å²) in [6, 6.07) is 6.98. The Labute approximate surface area is 143 Å². The third-order valence-corrected chi connectivity index (χ3v) is 4.09. The van der Waals surface area contributed by atoms with E-state index >= 15 is 0 Å². The number of benzene rings is 1. The van der Waals surface area contributed by atoms with Gasteiger partial charge in [0.2, 0.25) is 5.91 Å². The van der Waals surface area contributed by atoms with E-state index < -0.39 is 11.6 Å². The van der Waals surface area contributed by atoms with Crippen LogP contribution in [0.25, 0.3) is 0 Å². The topological polar surface area (TPSA) is 79.5 Å². The average Bonchev–Trinajstić information content (AvgIpc) is 2.64. The monoisotopic (exact) mass is 333 g/mol. The maximum Gasteiger partial charge on any atom is 0.319 e. The molecule has 1 aromatic rings. The zero-order chi connectivity index (χ0) is 18.0. The molecule has 132 valence electrons. The Balaban J connectivity index is 1.80. The van der Waals surface area contributed by atoms with Crippen molar-refractivity contribution in [3.63, 3.8) is 0 Å². The van der Waals surface area contributed by atoms with Crippen LogP contribution in [0.2, 0.25) is 0 Å². The highest BCUT2D eigenvalue weighted by Gasteiger charge is 2.46. The van der Waals surface area contributed by atoms with E-state index in [2.05, 4.69) is 16.0 Å². The molecule has 3 N–H and O–H groups in total. The summed E-state index contributed by atoms with van der Waals surface area (Å²) in [4.78, 5) is 24.0. The zero-order valence-electron chi connectivity index (χ0n) is 15.0. The second-order valence-corrected chi connectivity index (χ2v) is 7.47. The molecule has 1 aliphatic heterocycles. The fraction of sp³-hybridized carbons (Fsp3) is 0.556. The summed E-state index contributed by atoms with van der Waals surface area (Å²) in [5.74, 6) is -0.228. The smallest absolute Gasteiger partial charge is 0.319 e. The SMILES string of the molecule is Cc1cccc(NC(=O)NCC(=O)NC2CC(C)(C)OC2(C)C)c1. The summed E-state index contributed by atoms with van der Waals surface area (Å²) in [5, 5.41) is 8.22. The van der Waals surface area contributed by atoms with Gasteiger partial charge in [-0.3, -0.25) is 4.79 Å². The first-order chi connectivity index (χ1) is 11.1. The Kier molecular flexibility index (Phi) is 5.18. The van der Waals surface area contributed by atoms with Crippen LogP contribution in [0.5, 0.6) is 0 Å². The molecule has 0 saturated carbocycles. The number of hydrogen-bond acceptors (Lipinski definition) is 3. The second kappa shape index (κ2) is 6.81. The Morgan fingerprint density at radius 3 is 2.54 bits per heavy atom. The van der Waals surface area contributed by atoms with E-state index in [4.69, 9.17) is 4.74 Å². The molecule has 1 aliphatic rings. The van der Waals surface area contributed by atoms with Crippen LogP contribution in [0.15, 0.2) is 24.3 Å². The first-order valence-corrected chi connectivity index (χ1v) is 8.18. The summed E-state index contributed by atoms with van der Waals surface area (Å²) >= 11 is 0. The van der Waals surface area contributed by atoms with Gasteiger partial charge in [0.15, 0.2) is 0 Å². The van der Waals surface area contributed by atoms with Crippen LogP contribution in [0.3, 0.4) is 0 Å². The number of carbonyl (C=O) groups excluding carboxylic acids is 2. The van der Waals surface area contributed by atoms with Gasteiger partial charge in [-0.25, -0.2) is 4.79 Å². The fourth-order valence-corrected chi connectivity index (χ4v) is 3.09. The van der Waals surface area contributed by atoms with E-state index in [1.807, 2.05) is 52.8 Å². The zero-order valence-corrected chi connectivity index (χ0v) is 15.0. The number of rotatable bonds is 4. The lowest BCUT2D eigenvalue weighted by molar-refractivity contribution is -0.122. The van der Waals surface area contributed by atoms with Crippen LogP contribution in [0.1, 0.15) is 39.7 Å². The average molecular weight is 333 g/mol. The first kappa shape index (κ1) is 18.3. The van der Waals surface area contributed by atoms with Crippen molar-refractivity contribution >= 4 is 17.6 Å². The molecule has 1 atom stereocenters. The summed E-state index contributed by atoms with van der Waals surface area (Å²) in [7, 11) is 0. The maximum atomic E-state index is 12.1. The minimum atomic E-state index is -0.428. The van der Waals surface area contributed by atoms with Crippen molar-refractivity contribution in [2.75, 3.05) is 11.9 Å². The van der Waals surface area contributed by atoms with Crippen molar-refractivity contribution in [1.29, 1.82) is 0 Å². The minimum Gasteiger partial charge on any atom is -0.367 e. The molecule has 1 aromatic carbocycles. The second-order valence-electron chi connectivity index (χ2n) is 7.47. The van der Waals surface area contributed by atoms with Gasteiger partial charge >= 0.3 is 6.03 Å². The van der Waals surface area contributed by atoms with Crippen molar-refractivity contribution < 1.29 is 14.3 Å². The number of hydrogen-bond donors (Lipinski definition) is 3. The number of urea groups is 1. The molecule has 1 heterocycles. The van der Waals surface area contributed by atoms with Crippen molar-refractivity contribution in [3.05, 3.63) is 29.8 Å². The molecule has 3 amide bonds. The normalized spacial score (nSPS) is 21.1. The molecule has 0 bridgehead atoms. The molecular weight excluding hydrogens is 306 g/mol. The molecule has 0 radical (unpaired) electrons. The molecule has 1 saturated heterocycles. The van der Waals surface area contributed by atoms with Crippen LogP contribution in [0, 0.1) is 6.92 Å². The van der Waals surface area contributed by atoms with Crippen LogP contribution in [-0.4, -0.2) is 35.7 Å². The summed E-state index contributed by atoms with van der Waals surface area (Å²) in [6.45, 7) is 9.81. The number of amides is 3. The van der Waals surface area contributed by atoms with E-state index in [1.165, 1.54) is 0 Å². The number of ether oxygens (including phenoxy) is 1. The van der Waals surface area contributed by atoms with Gasteiger partial charge in [-0.2, -0.15) is 0 Å². The Morgan fingerprint density at radius 1 is 1.25 bits per heavy atom. The van der Waals surface area contributed by atoms with Gasteiger partial charge in [-0.1, -0.05) is 12.1 Å². The Hall–Kier alpha value is -2.08. The highest BCUT2D eigenvalue weighted by atomic mass is 16.5. The predicted octanol–water partition coefficient (Wildman–Crippen LogP) is 2.58. The van der Waals surface area contributed by atoms with Gasteiger partial charge in [0.1, 0.15) is 0 Å². The molecule has 0 spiro atoms. The Bertz CT molecular complexity index is 626. The lowest BCUT2D eigenvalue weighted by Gasteiger charge is -2.27. The molecule has 1 fully saturated rings. The van der Waals surface area contributed by atoms with Crippen molar-refractivity contribution in [2.45, 2.75) is 58.3 Å². The summed E-state index contributed by atoms with van der Waals surface area (Å²) < 4.78 is 5.95. The fourth-order valence-electron chi connectivity index (χ4n) is 3.09. The van der Waals surface area contributed by atoms with E-state index in [0.717, 1.165) is 12.0 Å². The molecule has 0 aliphatic carbocycles. The molecule has 0 aromatic heterocycles. The van der Waals surface area contributed by atoms with Gasteiger partial charge in [0.25, 0.3) is 0 Å². The van der Waals surface area contributed by atoms with E-state index in [1.54, 1.807) is 6.07 Å². The quantitative estimate of drug-likeness (QED) is 0.792. The molecule has 1 unspecified atom stereocenters. The first-order valence-electron chi connectivity index (χ1n) is 8.18. The Morgan fingerprint density at radius 2 is 1.96 bits per heavy atom. The van der Waals surface area contributed by atoms with Gasteiger partial charge in [-0.05, 0) is 58.7 Å². The van der Waals surface area contributed by atoms with Crippen LogP contribution in [-0.2, 0) is 9.53 Å². The van der Waals surface area contributed by atoms with Crippen molar-refractivity contribution in [1.82, 2.24) is 10.6 Å². The van der Waals surface area contributed by atoms with Crippen molar-refractivity contribution in [3.8, 4) is 0 Å². The number of nitrogens with one attached hydrogen (secondary N) is 3. The molecule has 24 heavy (non-hydrogen) atoms. The number of aryl methyl sites for hydroxylation is 1. The molecule has 2 rings (SSSR count). The van der Waals surface area contributed by atoms with Gasteiger partial charge in [0, 0.05) is 5.69 Å². The predicted molar refractivity (Wildman–Crippen MR) is 94.0 cm³/mol. The van der Waals surface area contributed by atoms with Crippen LogP contribution < -0.4 is 16.0 Å². The number of anilines is 1. The molecule has 6 heteroatoms. The van der Waals surface area contributed by atoms with E-state index in [9.17, 15) is 9.59 Å². The maximum absolute atomic E-state index is 12.1. The molecular formula is C18H27N3O3. The lowest BCUT2D eigenvalue weighted by atomic mass is 9.94.